The van der Waals surface area contributed by atoms with Gasteiger partial charge < -0.3 is 16.0 Å². The third-order valence-electron chi connectivity index (χ3n) is 1.81. The first-order chi connectivity index (χ1) is 7.00. The molecule has 0 saturated heterocycles. The zero-order valence-electron chi connectivity index (χ0n) is 8.65. The molecule has 0 aliphatic rings. The average molecular weight is 223 g/mol. The second-order valence-electron chi connectivity index (χ2n) is 3.27. The summed E-state index contributed by atoms with van der Waals surface area (Å²) >= 11 is 4.70. The maximum atomic E-state index is 11.5. The molecule has 1 aromatic rings. The number of carbonyl (C=O) groups excluding carboxylic acids is 1. The van der Waals surface area contributed by atoms with Crippen molar-refractivity contribution in [3.05, 3.63) is 29.8 Å². The van der Waals surface area contributed by atoms with E-state index < -0.39 is 0 Å². The van der Waals surface area contributed by atoms with Gasteiger partial charge in [-0.25, -0.2) is 0 Å². The van der Waals surface area contributed by atoms with Gasteiger partial charge in [-0.2, -0.15) is 0 Å². The van der Waals surface area contributed by atoms with Crippen molar-refractivity contribution >= 4 is 28.9 Å². The van der Waals surface area contributed by atoms with Crippen molar-refractivity contribution in [3.63, 3.8) is 0 Å². The SMILES string of the molecule is CN(C)C(=O)c1ccc(NC(N)=S)cc1. The van der Waals surface area contributed by atoms with Crippen LogP contribution in [0, 0.1) is 0 Å². The highest BCUT2D eigenvalue weighted by atomic mass is 32.1. The Hall–Kier alpha value is -1.62. The van der Waals surface area contributed by atoms with Gasteiger partial charge in [0, 0.05) is 25.3 Å². The minimum atomic E-state index is -0.0307. The fourth-order valence-electron chi connectivity index (χ4n) is 1.10. The molecule has 0 unspecified atom stereocenters. The molecule has 0 saturated carbocycles. The predicted molar refractivity (Wildman–Crippen MR) is 64.9 cm³/mol. The lowest BCUT2D eigenvalue weighted by atomic mass is 10.2. The van der Waals surface area contributed by atoms with Crippen LogP contribution in [0.25, 0.3) is 0 Å². The molecule has 0 aliphatic heterocycles. The molecule has 0 bridgehead atoms. The van der Waals surface area contributed by atoms with Gasteiger partial charge in [-0.1, -0.05) is 0 Å². The average Bonchev–Trinajstić information content (AvgIpc) is 2.17. The Balaban J connectivity index is 2.81. The summed E-state index contributed by atoms with van der Waals surface area (Å²) in [5.74, 6) is -0.0307. The van der Waals surface area contributed by atoms with E-state index in [1.54, 1.807) is 38.4 Å². The van der Waals surface area contributed by atoms with Crippen LogP contribution in [-0.2, 0) is 0 Å². The molecule has 0 fully saturated rings. The molecule has 0 aliphatic carbocycles. The standard InChI is InChI=1S/C10H13N3OS/c1-13(2)9(14)7-3-5-8(6-4-7)12-10(11)15/h3-6H,1-2H3,(H3,11,12,15). The number of nitrogens with one attached hydrogen (secondary N) is 1. The summed E-state index contributed by atoms with van der Waals surface area (Å²) in [6.07, 6.45) is 0. The van der Waals surface area contributed by atoms with Gasteiger partial charge >= 0.3 is 0 Å². The molecule has 5 heteroatoms. The molecule has 1 aromatic carbocycles. The fraction of sp³-hybridized carbons (Fsp3) is 0.200. The van der Waals surface area contributed by atoms with E-state index in [4.69, 9.17) is 18.0 Å². The highest BCUT2D eigenvalue weighted by molar-refractivity contribution is 7.80. The maximum absolute atomic E-state index is 11.5. The summed E-state index contributed by atoms with van der Waals surface area (Å²) in [4.78, 5) is 13.1. The van der Waals surface area contributed by atoms with Gasteiger partial charge in [0.05, 0.1) is 0 Å². The van der Waals surface area contributed by atoms with Crippen molar-refractivity contribution < 1.29 is 4.79 Å². The van der Waals surface area contributed by atoms with Crippen LogP contribution in [-0.4, -0.2) is 30.0 Å². The van der Waals surface area contributed by atoms with Gasteiger partial charge in [0.2, 0.25) is 0 Å². The Kier molecular flexibility index (Phi) is 3.62. The summed E-state index contributed by atoms with van der Waals surface area (Å²) in [5, 5.41) is 2.99. The minimum absolute atomic E-state index is 0.0307. The summed E-state index contributed by atoms with van der Waals surface area (Å²) in [5.41, 5.74) is 6.72. The van der Waals surface area contributed by atoms with Gasteiger partial charge in [-0.3, -0.25) is 4.79 Å². The van der Waals surface area contributed by atoms with Crippen molar-refractivity contribution in [2.45, 2.75) is 0 Å². The number of hydrogen-bond donors (Lipinski definition) is 2. The van der Waals surface area contributed by atoms with E-state index in [0.717, 1.165) is 5.69 Å². The third kappa shape index (κ3) is 3.21. The van der Waals surface area contributed by atoms with Crippen LogP contribution in [0.15, 0.2) is 24.3 Å². The summed E-state index contributed by atoms with van der Waals surface area (Å²) in [6.45, 7) is 0. The molecule has 0 spiro atoms. The van der Waals surface area contributed by atoms with Gasteiger partial charge in [-0.15, -0.1) is 0 Å². The van der Waals surface area contributed by atoms with E-state index >= 15 is 0 Å². The van der Waals surface area contributed by atoms with Crippen molar-refractivity contribution in [1.29, 1.82) is 0 Å². The van der Waals surface area contributed by atoms with Gasteiger partial charge in [0.25, 0.3) is 5.91 Å². The number of carbonyl (C=O) groups is 1. The molecule has 0 heterocycles. The Morgan fingerprint density at radius 3 is 2.27 bits per heavy atom. The molecule has 1 amide bonds. The zero-order chi connectivity index (χ0) is 11.4. The minimum Gasteiger partial charge on any atom is -0.376 e. The van der Waals surface area contributed by atoms with E-state index in [0.29, 0.717) is 5.56 Å². The highest BCUT2D eigenvalue weighted by Gasteiger charge is 2.06. The number of nitrogens with two attached hydrogens (primary N) is 1. The van der Waals surface area contributed by atoms with Crippen LogP contribution in [0.1, 0.15) is 10.4 Å². The van der Waals surface area contributed by atoms with Crippen molar-refractivity contribution in [2.24, 2.45) is 5.73 Å². The van der Waals surface area contributed by atoms with E-state index in [-0.39, 0.29) is 11.0 Å². The van der Waals surface area contributed by atoms with Crippen LogP contribution < -0.4 is 11.1 Å². The van der Waals surface area contributed by atoms with Crippen molar-refractivity contribution in [1.82, 2.24) is 4.90 Å². The topological polar surface area (TPSA) is 58.4 Å². The van der Waals surface area contributed by atoms with E-state index in [1.807, 2.05) is 0 Å². The molecule has 0 atom stereocenters. The van der Waals surface area contributed by atoms with Gasteiger partial charge in [0.15, 0.2) is 5.11 Å². The molecule has 0 radical (unpaired) electrons. The third-order valence-corrected chi connectivity index (χ3v) is 1.91. The number of nitrogens with zero attached hydrogens (tertiary/aromatic N) is 1. The van der Waals surface area contributed by atoms with Crippen molar-refractivity contribution in [3.8, 4) is 0 Å². The second kappa shape index (κ2) is 4.75. The smallest absolute Gasteiger partial charge is 0.253 e. The molecule has 4 nitrogen and oxygen atoms in total. The van der Waals surface area contributed by atoms with Crippen molar-refractivity contribution in [2.75, 3.05) is 19.4 Å². The van der Waals surface area contributed by atoms with Crippen LogP contribution in [0.2, 0.25) is 0 Å². The fourth-order valence-corrected chi connectivity index (χ4v) is 1.21. The zero-order valence-corrected chi connectivity index (χ0v) is 9.47. The first-order valence-corrected chi connectivity index (χ1v) is 4.79. The normalized spacial score (nSPS) is 9.47. The van der Waals surface area contributed by atoms with Gasteiger partial charge in [-0.05, 0) is 36.5 Å². The molecule has 15 heavy (non-hydrogen) atoms. The molecule has 0 aromatic heterocycles. The predicted octanol–water partition coefficient (Wildman–Crippen LogP) is 1.04. The quantitative estimate of drug-likeness (QED) is 0.736. The Morgan fingerprint density at radius 2 is 1.87 bits per heavy atom. The monoisotopic (exact) mass is 223 g/mol. The van der Waals surface area contributed by atoms with E-state index in [9.17, 15) is 4.79 Å². The largest absolute Gasteiger partial charge is 0.376 e. The lowest BCUT2D eigenvalue weighted by molar-refractivity contribution is 0.0827. The Bertz CT molecular complexity index is 373. The van der Waals surface area contributed by atoms with E-state index in [1.165, 1.54) is 4.90 Å². The van der Waals surface area contributed by atoms with Crippen LogP contribution in [0.4, 0.5) is 5.69 Å². The molecule has 3 N–H and O–H groups in total. The lowest BCUT2D eigenvalue weighted by Gasteiger charge is -2.10. The number of amides is 1. The number of benzene rings is 1. The van der Waals surface area contributed by atoms with Gasteiger partial charge in [0.1, 0.15) is 0 Å². The Morgan fingerprint density at radius 1 is 1.33 bits per heavy atom. The second-order valence-corrected chi connectivity index (χ2v) is 3.71. The molecular formula is C10H13N3OS. The van der Waals surface area contributed by atoms with E-state index in [2.05, 4.69) is 5.32 Å². The van der Waals surface area contributed by atoms with Crippen LogP contribution in [0.3, 0.4) is 0 Å². The molecular weight excluding hydrogens is 210 g/mol. The van der Waals surface area contributed by atoms with Crippen LogP contribution in [0.5, 0.6) is 0 Å². The first-order valence-electron chi connectivity index (χ1n) is 4.39. The van der Waals surface area contributed by atoms with Crippen LogP contribution >= 0.6 is 12.2 Å². The molecule has 80 valence electrons. The number of anilines is 1. The molecule has 1 rings (SSSR count). The summed E-state index contributed by atoms with van der Waals surface area (Å²) < 4.78 is 0. The first kappa shape index (κ1) is 11.5. The Labute approximate surface area is 94.1 Å². The number of hydrogen-bond acceptors (Lipinski definition) is 2. The number of thiocarbonyl (C=S) groups is 1. The lowest BCUT2D eigenvalue weighted by Crippen LogP contribution is -2.22. The maximum Gasteiger partial charge on any atom is 0.253 e. The summed E-state index contributed by atoms with van der Waals surface area (Å²) in [6, 6.07) is 6.97. The number of rotatable bonds is 2. The summed E-state index contributed by atoms with van der Waals surface area (Å²) in [7, 11) is 3.42. The highest BCUT2D eigenvalue weighted by Crippen LogP contribution is 2.10.